The van der Waals surface area contributed by atoms with E-state index in [0.29, 0.717) is 11.0 Å². The van der Waals surface area contributed by atoms with E-state index in [-0.39, 0.29) is 0 Å². The summed E-state index contributed by atoms with van der Waals surface area (Å²) in [4.78, 5) is 0. The second kappa shape index (κ2) is 2.22. The van der Waals surface area contributed by atoms with Gasteiger partial charge in [-0.3, -0.25) is 0 Å². The maximum Gasteiger partial charge on any atom is 0.0212 e. The zero-order valence-corrected chi connectivity index (χ0v) is 7.53. The molecule has 0 heterocycles. The largest absolute Gasteiger partial charge is 0.325 e. The van der Waals surface area contributed by atoms with E-state index in [1.54, 1.807) is 0 Å². The molecule has 1 heteroatoms. The first kappa shape index (κ1) is 7.60. The van der Waals surface area contributed by atoms with Crippen molar-refractivity contribution in [2.75, 3.05) is 0 Å². The van der Waals surface area contributed by atoms with Gasteiger partial charge in [0, 0.05) is 5.54 Å². The molecule has 0 aromatic rings. The Morgan fingerprint density at radius 2 is 1.82 bits per heavy atom. The van der Waals surface area contributed by atoms with Crippen LogP contribution in [0.25, 0.3) is 0 Å². The van der Waals surface area contributed by atoms with Gasteiger partial charge in [-0.2, -0.15) is 0 Å². The van der Waals surface area contributed by atoms with Gasteiger partial charge < -0.3 is 5.73 Å². The highest BCUT2D eigenvalue weighted by atomic mass is 14.9. The van der Waals surface area contributed by atoms with Gasteiger partial charge in [-0.1, -0.05) is 19.8 Å². The second-order valence-corrected chi connectivity index (χ2v) is 4.54. The number of rotatable bonds is 4. The van der Waals surface area contributed by atoms with E-state index in [0.717, 1.165) is 0 Å². The lowest BCUT2D eigenvalue weighted by atomic mass is 9.89. The second-order valence-electron chi connectivity index (χ2n) is 4.54. The van der Waals surface area contributed by atoms with Crippen LogP contribution in [0.2, 0.25) is 0 Å². The Kier molecular flexibility index (Phi) is 1.54. The number of hydrogen-bond donors (Lipinski definition) is 1. The number of nitrogens with two attached hydrogens (primary N) is 1. The zero-order valence-electron chi connectivity index (χ0n) is 7.53. The molecule has 0 bridgehead atoms. The van der Waals surface area contributed by atoms with Crippen molar-refractivity contribution in [2.24, 2.45) is 11.1 Å². The van der Waals surface area contributed by atoms with Crippen LogP contribution in [0.1, 0.15) is 51.9 Å². The quantitative estimate of drug-likeness (QED) is 0.659. The molecule has 0 spiro atoms. The van der Waals surface area contributed by atoms with Gasteiger partial charge in [0.15, 0.2) is 0 Å². The fraction of sp³-hybridized carbons (Fsp3) is 1.00. The molecule has 2 aliphatic carbocycles. The van der Waals surface area contributed by atoms with Crippen molar-refractivity contribution in [3.63, 3.8) is 0 Å². The summed E-state index contributed by atoms with van der Waals surface area (Å²) in [5.41, 5.74) is 7.16. The number of unbranched alkanes of at least 4 members (excludes halogenated alkanes) is 1. The third kappa shape index (κ3) is 1.10. The van der Waals surface area contributed by atoms with Gasteiger partial charge in [0.05, 0.1) is 0 Å². The van der Waals surface area contributed by atoms with Crippen molar-refractivity contribution in [1.82, 2.24) is 0 Å². The van der Waals surface area contributed by atoms with Crippen LogP contribution in [-0.2, 0) is 0 Å². The SMILES string of the molecule is CCCCC1(C2(N)CC2)CC1. The Labute approximate surface area is 69.4 Å². The summed E-state index contributed by atoms with van der Waals surface area (Å²) in [6.07, 6.45) is 9.57. The fourth-order valence-corrected chi connectivity index (χ4v) is 2.33. The smallest absolute Gasteiger partial charge is 0.0212 e. The van der Waals surface area contributed by atoms with E-state index in [1.807, 2.05) is 0 Å². The molecule has 0 aromatic heterocycles. The third-order valence-corrected chi connectivity index (χ3v) is 3.71. The molecule has 2 fully saturated rings. The summed E-state index contributed by atoms with van der Waals surface area (Å²) >= 11 is 0. The Hall–Kier alpha value is -0.0400. The molecule has 0 saturated heterocycles. The van der Waals surface area contributed by atoms with E-state index in [4.69, 9.17) is 5.73 Å². The molecule has 2 aliphatic rings. The van der Waals surface area contributed by atoms with Crippen molar-refractivity contribution in [3.05, 3.63) is 0 Å². The minimum Gasteiger partial charge on any atom is -0.325 e. The molecule has 0 unspecified atom stereocenters. The fourth-order valence-electron chi connectivity index (χ4n) is 2.33. The molecular formula is C10H19N. The van der Waals surface area contributed by atoms with E-state index in [2.05, 4.69) is 6.92 Å². The van der Waals surface area contributed by atoms with Crippen molar-refractivity contribution in [2.45, 2.75) is 57.4 Å². The third-order valence-electron chi connectivity index (χ3n) is 3.71. The molecular weight excluding hydrogens is 134 g/mol. The molecule has 0 radical (unpaired) electrons. The average Bonchev–Trinajstić information content (AvgIpc) is 2.81. The van der Waals surface area contributed by atoms with Crippen LogP contribution in [0.3, 0.4) is 0 Å². The molecule has 0 aliphatic heterocycles. The lowest BCUT2D eigenvalue weighted by molar-refractivity contribution is 0.341. The first-order valence-electron chi connectivity index (χ1n) is 5.01. The van der Waals surface area contributed by atoms with Gasteiger partial charge in [-0.05, 0) is 37.5 Å². The van der Waals surface area contributed by atoms with Crippen LogP contribution in [-0.4, -0.2) is 5.54 Å². The summed E-state index contributed by atoms with van der Waals surface area (Å²) in [7, 11) is 0. The molecule has 0 aromatic carbocycles. The molecule has 2 rings (SSSR count). The van der Waals surface area contributed by atoms with Crippen LogP contribution < -0.4 is 5.73 Å². The highest BCUT2D eigenvalue weighted by Gasteiger charge is 2.62. The minimum atomic E-state index is 0.308. The summed E-state index contributed by atoms with van der Waals surface area (Å²) in [5, 5.41) is 0. The van der Waals surface area contributed by atoms with E-state index >= 15 is 0 Å². The zero-order chi connectivity index (χ0) is 7.95. The predicted octanol–water partition coefficient (Wildman–Crippen LogP) is 2.45. The van der Waals surface area contributed by atoms with Crippen molar-refractivity contribution < 1.29 is 0 Å². The molecule has 2 saturated carbocycles. The molecule has 11 heavy (non-hydrogen) atoms. The van der Waals surface area contributed by atoms with Crippen LogP contribution in [0, 0.1) is 5.41 Å². The minimum absolute atomic E-state index is 0.308. The van der Waals surface area contributed by atoms with E-state index in [9.17, 15) is 0 Å². The molecule has 0 atom stereocenters. The van der Waals surface area contributed by atoms with Crippen LogP contribution in [0.4, 0.5) is 0 Å². The summed E-state index contributed by atoms with van der Waals surface area (Å²) < 4.78 is 0. The van der Waals surface area contributed by atoms with Crippen LogP contribution in [0.15, 0.2) is 0 Å². The maximum absolute atomic E-state index is 6.23. The standard InChI is InChI=1S/C10H19N/c1-2-3-4-9(5-6-9)10(11)7-8-10/h2-8,11H2,1H3. The van der Waals surface area contributed by atoms with Gasteiger partial charge in [0.1, 0.15) is 0 Å². The summed E-state index contributed by atoms with van der Waals surface area (Å²) in [6.45, 7) is 2.27. The Morgan fingerprint density at radius 3 is 2.18 bits per heavy atom. The summed E-state index contributed by atoms with van der Waals surface area (Å²) in [6, 6.07) is 0. The van der Waals surface area contributed by atoms with Crippen molar-refractivity contribution in [1.29, 1.82) is 0 Å². The Morgan fingerprint density at radius 1 is 1.18 bits per heavy atom. The van der Waals surface area contributed by atoms with Crippen molar-refractivity contribution >= 4 is 0 Å². The van der Waals surface area contributed by atoms with Gasteiger partial charge in [-0.15, -0.1) is 0 Å². The maximum atomic E-state index is 6.23. The normalized spacial score (nSPS) is 30.0. The molecule has 64 valence electrons. The Balaban J connectivity index is 1.89. The van der Waals surface area contributed by atoms with E-state index < -0.39 is 0 Å². The van der Waals surface area contributed by atoms with Gasteiger partial charge >= 0.3 is 0 Å². The highest BCUT2D eigenvalue weighted by Crippen LogP contribution is 2.65. The van der Waals surface area contributed by atoms with Gasteiger partial charge in [-0.25, -0.2) is 0 Å². The first-order valence-corrected chi connectivity index (χ1v) is 5.01. The van der Waals surface area contributed by atoms with Gasteiger partial charge in [0.2, 0.25) is 0 Å². The van der Waals surface area contributed by atoms with Crippen LogP contribution >= 0.6 is 0 Å². The first-order chi connectivity index (χ1) is 5.22. The molecule has 0 amide bonds. The van der Waals surface area contributed by atoms with Gasteiger partial charge in [0.25, 0.3) is 0 Å². The van der Waals surface area contributed by atoms with Crippen LogP contribution in [0.5, 0.6) is 0 Å². The van der Waals surface area contributed by atoms with Crippen molar-refractivity contribution in [3.8, 4) is 0 Å². The highest BCUT2D eigenvalue weighted by molar-refractivity contribution is 5.18. The Bertz CT molecular complexity index is 154. The topological polar surface area (TPSA) is 26.0 Å². The molecule has 2 N–H and O–H groups in total. The lowest BCUT2D eigenvalue weighted by Crippen LogP contribution is -2.33. The molecule has 1 nitrogen and oxygen atoms in total. The number of hydrogen-bond acceptors (Lipinski definition) is 1. The average molecular weight is 153 g/mol. The monoisotopic (exact) mass is 153 g/mol. The van der Waals surface area contributed by atoms with E-state index in [1.165, 1.54) is 44.9 Å². The summed E-state index contributed by atoms with van der Waals surface area (Å²) in [5.74, 6) is 0. The lowest BCUT2D eigenvalue weighted by Gasteiger charge is -2.22. The predicted molar refractivity (Wildman–Crippen MR) is 47.3 cm³/mol.